The zero-order valence-electron chi connectivity index (χ0n) is 10.1. The van der Waals surface area contributed by atoms with Gasteiger partial charge in [0.15, 0.2) is 0 Å². The third-order valence-corrected chi connectivity index (χ3v) is 4.20. The fourth-order valence-corrected chi connectivity index (χ4v) is 3.01. The van der Waals surface area contributed by atoms with Gasteiger partial charge in [-0.3, -0.25) is 4.79 Å². The average molecular weight is 248 g/mol. The second-order valence-corrected chi connectivity index (χ2v) is 5.95. The van der Waals surface area contributed by atoms with Crippen LogP contribution in [0.3, 0.4) is 0 Å². The molecule has 0 saturated heterocycles. The molecule has 1 aromatic heterocycles. The lowest BCUT2D eigenvalue weighted by Gasteiger charge is -2.26. The maximum Gasteiger partial charge on any atom is 0.240 e. The molecule has 90 valence electrons. The Morgan fingerprint density at radius 3 is 3.12 bits per heavy atom. The zero-order valence-corrected chi connectivity index (χ0v) is 10.9. The van der Waals surface area contributed by atoms with Crippen molar-refractivity contribution in [2.24, 2.45) is 5.41 Å². The molecule has 1 atom stereocenters. The Morgan fingerprint density at radius 1 is 1.65 bits per heavy atom. The van der Waals surface area contributed by atoms with Crippen molar-refractivity contribution >= 4 is 17.2 Å². The van der Waals surface area contributed by atoms with Crippen molar-refractivity contribution in [3.63, 3.8) is 0 Å². The number of nitrogens with zero attached hydrogens (tertiary/aromatic N) is 1. The van der Waals surface area contributed by atoms with E-state index in [-0.39, 0.29) is 11.9 Å². The first-order valence-electron chi connectivity index (χ1n) is 5.83. The number of carbonyl (C=O) groups excluding carboxylic acids is 1. The van der Waals surface area contributed by atoms with Crippen molar-refractivity contribution in [2.45, 2.75) is 39.2 Å². The highest BCUT2D eigenvalue weighted by Gasteiger charge is 2.31. The molecule has 1 heterocycles. The van der Waals surface area contributed by atoms with E-state index in [9.17, 15) is 4.79 Å². The van der Waals surface area contributed by atoms with Gasteiger partial charge >= 0.3 is 0 Å². The van der Waals surface area contributed by atoms with Gasteiger partial charge in [-0.1, -0.05) is 0 Å². The molecule has 0 spiro atoms. The smallest absolute Gasteiger partial charge is 0.240 e. The zero-order chi connectivity index (χ0) is 12.5. The number of hydrogen-bond donors (Lipinski definition) is 1. The van der Waals surface area contributed by atoms with Gasteiger partial charge < -0.3 is 5.32 Å². The van der Waals surface area contributed by atoms with Crippen molar-refractivity contribution < 1.29 is 4.79 Å². The summed E-state index contributed by atoms with van der Waals surface area (Å²) in [6.45, 7) is 3.30. The van der Waals surface area contributed by atoms with Crippen molar-refractivity contribution in [1.29, 1.82) is 5.26 Å². The molecule has 0 saturated carbocycles. The first-order chi connectivity index (χ1) is 8.04. The van der Waals surface area contributed by atoms with Crippen molar-refractivity contribution in [2.75, 3.05) is 0 Å². The van der Waals surface area contributed by atoms with Gasteiger partial charge in [0.05, 0.1) is 12.1 Å². The van der Waals surface area contributed by atoms with Crippen LogP contribution in [-0.4, -0.2) is 5.91 Å². The number of fused-ring (bicyclic) bond motifs is 1. The minimum absolute atomic E-state index is 0.0881. The molecule has 1 aliphatic rings. The van der Waals surface area contributed by atoms with Gasteiger partial charge in [0.25, 0.3) is 0 Å². The lowest BCUT2D eigenvalue weighted by atomic mass is 9.90. The van der Waals surface area contributed by atoms with Gasteiger partial charge in [0, 0.05) is 4.88 Å². The molecular weight excluding hydrogens is 232 g/mol. The van der Waals surface area contributed by atoms with E-state index in [4.69, 9.17) is 5.26 Å². The number of nitriles is 1. The van der Waals surface area contributed by atoms with Crippen LogP contribution >= 0.6 is 11.3 Å². The summed E-state index contributed by atoms with van der Waals surface area (Å²) in [4.78, 5) is 13.3. The van der Waals surface area contributed by atoms with Crippen LogP contribution in [0.4, 0.5) is 0 Å². The normalized spacial score (nSPS) is 19.2. The number of rotatable bonds is 2. The highest BCUT2D eigenvalue weighted by molar-refractivity contribution is 7.10. The summed E-state index contributed by atoms with van der Waals surface area (Å²) in [5, 5.41) is 14.0. The molecule has 0 bridgehead atoms. The van der Waals surface area contributed by atoms with Crippen LogP contribution in [0.2, 0.25) is 0 Å². The van der Waals surface area contributed by atoms with E-state index in [1.807, 2.05) is 6.07 Å². The highest BCUT2D eigenvalue weighted by atomic mass is 32.1. The molecular formula is C13H16N2OS. The van der Waals surface area contributed by atoms with Crippen LogP contribution in [-0.2, 0) is 11.2 Å². The number of hydrogen-bond acceptors (Lipinski definition) is 3. The van der Waals surface area contributed by atoms with Gasteiger partial charge in [-0.2, -0.15) is 5.26 Å². The van der Waals surface area contributed by atoms with Crippen LogP contribution < -0.4 is 5.32 Å². The number of carbonyl (C=O) groups is 1. The molecule has 3 nitrogen and oxygen atoms in total. The van der Waals surface area contributed by atoms with E-state index in [1.54, 1.807) is 25.2 Å². The van der Waals surface area contributed by atoms with E-state index >= 15 is 0 Å². The third kappa shape index (κ3) is 2.34. The highest BCUT2D eigenvalue weighted by Crippen LogP contribution is 2.33. The summed E-state index contributed by atoms with van der Waals surface area (Å²) in [5.74, 6) is -0.177. The SMILES string of the molecule is CC(C)(C#N)C(=O)NC1CCCc2sccc21. The van der Waals surface area contributed by atoms with Crippen molar-refractivity contribution in [3.05, 3.63) is 21.9 Å². The number of amides is 1. The van der Waals surface area contributed by atoms with Crippen LogP contribution in [0.5, 0.6) is 0 Å². The number of nitrogens with one attached hydrogen (secondary N) is 1. The molecule has 1 unspecified atom stereocenters. The predicted octanol–water partition coefficient (Wildman–Crippen LogP) is 2.79. The maximum absolute atomic E-state index is 12.0. The van der Waals surface area contributed by atoms with E-state index < -0.39 is 5.41 Å². The summed E-state index contributed by atoms with van der Waals surface area (Å²) in [5.41, 5.74) is 0.288. The molecule has 0 aliphatic heterocycles. The Bertz CT molecular complexity index is 470. The number of thiophene rings is 1. The van der Waals surface area contributed by atoms with Crippen molar-refractivity contribution in [3.8, 4) is 6.07 Å². The maximum atomic E-state index is 12.0. The minimum Gasteiger partial charge on any atom is -0.348 e. The Morgan fingerprint density at radius 2 is 2.41 bits per heavy atom. The van der Waals surface area contributed by atoms with Gasteiger partial charge in [0.2, 0.25) is 5.91 Å². The average Bonchev–Trinajstić information content (AvgIpc) is 2.78. The third-order valence-electron chi connectivity index (χ3n) is 3.20. The summed E-state index contributed by atoms with van der Waals surface area (Å²) in [6.07, 6.45) is 3.18. The summed E-state index contributed by atoms with van der Waals surface area (Å²) >= 11 is 1.75. The molecule has 1 N–H and O–H groups in total. The molecule has 1 aliphatic carbocycles. The summed E-state index contributed by atoms with van der Waals surface area (Å²) < 4.78 is 0. The molecule has 1 amide bonds. The van der Waals surface area contributed by atoms with Gasteiger partial charge in [0.1, 0.15) is 5.41 Å². The topological polar surface area (TPSA) is 52.9 Å². The molecule has 0 radical (unpaired) electrons. The largest absolute Gasteiger partial charge is 0.348 e. The van der Waals surface area contributed by atoms with Crippen molar-refractivity contribution in [1.82, 2.24) is 5.32 Å². The van der Waals surface area contributed by atoms with Crippen LogP contribution in [0, 0.1) is 16.7 Å². The van der Waals surface area contributed by atoms with Crippen LogP contribution in [0.15, 0.2) is 11.4 Å². The molecule has 1 aromatic rings. The quantitative estimate of drug-likeness (QED) is 0.875. The fourth-order valence-electron chi connectivity index (χ4n) is 2.03. The predicted molar refractivity (Wildman–Crippen MR) is 67.5 cm³/mol. The molecule has 0 fully saturated rings. The second kappa shape index (κ2) is 4.50. The van der Waals surface area contributed by atoms with E-state index in [0.717, 1.165) is 19.3 Å². The van der Waals surface area contributed by atoms with E-state index in [2.05, 4.69) is 16.8 Å². The summed E-state index contributed by atoms with van der Waals surface area (Å²) in [7, 11) is 0. The monoisotopic (exact) mass is 248 g/mol. The van der Waals surface area contributed by atoms with E-state index in [1.165, 1.54) is 10.4 Å². The minimum atomic E-state index is -0.951. The standard InChI is InChI=1S/C13H16N2OS/c1-13(2,8-14)12(16)15-10-4-3-5-11-9(10)6-7-17-11/h6-7,10H,3-5H2,1-2H3,(H,15,16). The summed E-state index contributed by atoms with van der Waals surface area (Å²) in [6, 6.07) is 4.21. The number of aryl methyl sites for hydroxylation is 1. The lowest BCUT2D eigenvalue weighted by molar-refractivity contribution is -0.127. The Labute approximate surface area is 105 Å². The van der Waals surface area contributed by atoms with Crippen LogP contribution in [0.1, 0.15) is 43.2 Å². The lowest BCUT2D eigenvalue weighted by Crippen LogP contribution is -2.39. The molecule has 17 heavy (non-hydrogen) atoms. The van der Waals surface area contributed by atoms with Crippen LogP contribution in [0.25, 0.3) is 0 Å². The molecule has 4 heteroatoms. The Hall–Kier alpha value is -1.34. The Balaban J connectivity index is 2.13. The molecule has 2 rings (SSSR count). The van der Waals surface area contributed by atoms with E-state index in [0.29, 0.717) is 0 Å². The van der Waals surface area contributed by atoms with Gasteiger partial charge in [-0.15, -0.1) is 11.3 Å². The second-order valence-electron chi connectivity index (χ2n) is 4.95. The first kappa shape index (κ1) is 12.1. The van der Waals surface area contributed by atoms with Gasteiger partial charge in [-0.25, -0.2) is 0 Å². The first-order valence-corrected chi connectivity index (χ1v) is 6.71. The van der Waals surface area contributed by atoms with Gasteiger partial charge in [-0.05, 0) is 50.1 Å². The molecule has 0 aromatic carbocycles. The Kier molecular flexibility index (Phi) is 3.21. The fraction of sp³-hybridized carbons (Fsp3) is 0.538.